The van der Waals surface area contributed by atoms with Crippen LogP contribution in [-0.2, 0) is 16.4 Å². The van der Waals surface area contributed by atoms with E-state index < -0.39 is 10.0 Å². The third kappa shape index (κ3) is 2.50. The predicted octanol–water partition coefficient (Wildman–Crippen LogP) is 1.64. The molecule has 0 saturated carbocycles. The summed E-state index contributed by atoms with van der Waals surface area (Å²) < 4.78 is 26.3. The van der Waals surface area contributed by atoms with Crippen LogP contribution in [-0.4, -0.2) is 49.6 Å². The molecule has 2 aliphatic rings. The number of rotatable bonds is 3. The molecule has 5 heteroatoms. The second-order valence-corrected chi connectivity index (χ2v) is 7.76. The average Bonchev–Trinajstić information content (AvgIpc) is 2.46. The Morgan fingerprint density at radius 3 is 2.80 bits per heavy atom. The normalized spacial score (nSPS) is 24.1. The molecule has 1 aromatic rings. The third-order valence-electron chi connectivity index (χ3n) is 4.39. The Bertz CT molecular complexity index is 585. The number of fused-ring (bicyclic) bond motifs is 3. The summed E-state index contributed by atoms with van der Waals surface area (Å²) in [6, 6.07) is 8.69. The van der Waals surface area contributed by atoms with Crippen molar-refractivity contribution in [3.8, 4) is 0 Å². The van der Waals surface area contributed by atoms with Crippen molar-refractivity contribution in [1.82, 2.24) is 9.21 Å². The number of nitrogens with zero attached hydrogens (tertiary/aromatic N) is 2. The van der Waals surface area contributed by atoms with Gasteiger partial charge in [-0.05, 0) is 24.0 Å². The maximum absolute atomic E-state index is 12.3. The SMILES string of the molecule is CCCS(=O)(=O)N1CCN2CCc3ccccc3C2C1. The van der Waals surface area contributed by atoms with Gasteiger partial charge in [0.25, 0.3) is 0 Å². The molecule has 0 spiro atoms. The molecule has 0 aliphatic carbocycles. The second-order valence-electron chi connectivity index (χ2n) is 5.67. The van der Waals surface area contributed by atoms with Crippen molar-refractivity contribution < 1.29 is 8.42 Å². The first kappa shape index (κ1) is 14.0. The standard InChI is InChI=1S/C15H22N2O2S/c1-2-11-20(18,19)17-10-9-16-8-7-13-5-3-4-6-14(13)15(16)12-17/h3-6,15H,2,7-12H2,1H3. The fraction of sp³-hybridized carbons (Fsp3) is 0.600. The highest BCUT2D eigenvalue weighted by atomic mass is 32.2. The van der Waals surface area contributed by atoms with Crippen molar-refractivity contribution >= 4 is 10.0 Å². The lowest BCUT2D eigenvalue weighted by Gasteiger charge is -2.44. The second kappa shape index (κ2) is 5.47. The zero-order chi connectivity index (χ0) is 14.2. The van der Waals surface area contributed by atoms with Crippen molar-refractivity contribution in [3.05, 3.63) is 35.4 Å². The van der Waals surface area contributed by atoms with Crippen LogP contribution in [0.5, 0.6) is 0 Å². The van der Waals surface area contributed by atoms with Gasteiger partial charge in [-0.25, -0.2) is 8.42 Å². The van der Waals surface area contributed by atoms with Crippen molar-refractivity contribution in [1.29, 1.82) is 0 Å². The molecular formula is C15H22N2O2S. The third-order valence-corrected chi connectivity index (χ3v) is 6.43. The minimum Gasteiger partial charge on any atom is -0.293 e. The highest BCUT2D eigenvalue weighted by Crippen LogP contribution is 2.33. The molecule has 0 radical (unpaired) electrons. The molecule has 1 saturated heterocycles. The van der Waals surface area contributed by atoms with E-state index in [1.807, 2.05) is 6.92 Å². The Morgan fingerprint density at radius 1 is 1.20 bits per heavy atom. The van der Waals surface area contributed by atoms with Gasteiger partial charge in [0.15, 0.2) is 0 Å². The molecule has 1 atom stereocenters. The van der Waals surface area contributed by atoms with Crippen molar-refractivity contribution in [2.45, 2.75) is 25.8 Å². The Morgan fingerprint density at radius 2 is 2.00 bits per heavy atom. The van der Waals surface area contributed by atoms with Gasteiger partial charge in [0.1, 0.15) is 0 Å². The Kier molecular flexibility index (Phi) is 3.84. The smallest absolute Gasteiger partial charge is 0.214 e. The van der Waals surface area contributed by atoms with Crippen molar-refractivity contribution in [2.24, 2.45) is 0 Å². The van der Waals surface area contributed by atoms with Crippen LogP contribution in [0, 0.1) is 0 Å². The van der Waals surface area contributed by atoms with Crippen LogP contribution < -0.4 is 0 Å². The summed E-state index contributed by atoms with van der Waals surface area (Å²) in [5.41, 5.74) is 2.69. The first-order valence-electron chi connectivity index (χ1n) is 7.41. The average molecular weight is 294 g/mol. The molecule has 0 N–H and O–H groups in total. The van der Waals surface area contributed by atoms with Gasteiger partial charge in [0.05, 0.1) is 5.75 Å². The fourth-order valence-corrected chi connectivity index (χ4v) is 4.85. The first-order valence-corrected chi connectivity index (χ1v) is 9.02. The van der Waals surface area contributed by atoms with Crippen LogP contribution in [0.1, 0.15) is 30.5 Å². The monoisotopic (exact) mass is 294 g/mol. The topological polar surface area (TPSA) is 40.6 Å². The Labute approximate surface area is 121 Å². The minimum absolute atomic E-state index is 0.236. The highest BCUT2D eigenvalue weighted by Gasteiger charge is 2.36. The van der Waals surface area contributed by atoms with E-state index in [9.17, 15) is 8.42 Å². The molecule has 0 aromatic heterocycles. The van der Waals surface area contributed by atoms with Crippen LogP contribution >= 0.6 is 0 Å². The summed E-state index contributed by atoms with van der Waals surface area (Å²) in [6.45, 7) is 5.06. The van der Waals surface area contributed by atoms with Gasteiger partial charge < -0.3 is 0 Å². The van der Waals surface area contributed by atoms with Crippen LogP contribution in [0.3, 0.4) is 0 Å². The van der Waals surface area contributed by atoms with E-state index in [0.717, 1.165) is 19.5 Å². The van der Waals surface area contributed by atoms with Crippen LogP contribution in [0.2, 0.25) is 0 Å². The number of piperazine rings is 1. The molecule has 110 valence electrons. The van der Waals surface area contributed by atoms with Crippen molar-refractivity contribution in [3.63, 3.8) is 0 Å². The molecule has 2 heterocycles. The molecule has 3 rings (SSSR count). The van der Waals surface area contributed by atoms with E-state index >= 15 is 0 Å². The molecule has 1 fully saturated rings. The number of hydrogen-bond donors (Lipinski definition) is 0. The zero-order valence-corrected chi connectivity index (χ0v) is 12.8. The summed E-state index contributed by atoms with van der Waals surface area (Å²) in [7, 11) is -3.08. The van der Waals surface area contributed by atoms with E-state index in [1.165, 1.54) is 11.1 Å². The van der Waals surface area contributed by atoms with Crippen LogP contribution in [0.4, 0.5) is 0 Å². The molecule has 1 unspecified atom stereocenters. The quantitative estimate of drug-likeness (QED) is 0.851. The van der Waals surface area contributed by atoms with Gasteiger partial charge in [0, 0.05) is 32.2 Å². The van der Waals surface area contributed by atoms with Gasteiger partial charge in [-0.2, -0.15) is 4.31 Å². The molecule has 4 nitrogen and oxygen atoms in total. The highest BCUT2D eigenvalue weighted by molar-refractivity contribution is 7.89. The first-order chi connectivity index (χ1) is 9.62. The lowest BCUT2D eigenvalue weighted by atomic mass is 9.91. The van der Waals surface area contributed by atoms with Gasteiger partial charge in [-0.15, -0.1) is 0 Å². The van der Waals surface area contributed by atoms with E-state index in [0.29, 0.717) is 19.5 Å². The van der Waals surface area contributed by atoms with E-state index in [1.54, 1.807) is 4.31 Å². The lowest BCUT2D eigenvalue weighted by molar-refractivity contribution is 0.109. The summed E-state index contributed by atoms with van der Waals surface area (Å²) in [5.74, 6) is 0.265. The van der Waals surface area contributed by atoms with Gasteiger partial charge >= 0.3 is 0 Å². The molecule has 0 amide bonds. The minimum atomic E-state index is -3.08. The summed E-state index contributed by atoms with van der Waals surface area (Å²) in [6.07, 6.45) is 1.76. The van der Waals surface area contributed by atoms with Crippen LogP contribution in [0.15, 0.2) is 24.3 Å². The summed E-state index contributed by atoms with van der Waals surface area (Å²) >= 11 is 0. The van der Waals surface area contributed by atoms with Gasteiger partial charge in [-0.3, -0.25) is 4.90 Å². The largest absolute Gasteiger partial charge is 0.293 e. The lowest BCUT2D eigenvalue weighted by Crippen LogP contribution is -2.52. The van der Waals surface area contributed by atoms with Crippen LogP contribution in [0.25, 0.3) is 0 Å². The molecular weight excluding hydrogens is 272 g/mol. The van der Waals surface area contributed by atoms with Crippen molar-refractivity contribution in [2.75, 3.05) is 31.9 Å². The molecule has 1 aromatic carbocycles. The Hall–Kier alpha value is -0.910. The summed E-state index contributed by atoms with van der Waals surface area (Å²) in [5, 5.41) is 0. The number of benzene rings is 1. The fourth-order valence-electron chi connectivity index (χ4n) is 3.35. The Balaban J connectivity index is 1.86. The number of hydrogen-bond acceptors (Lipinski definition) is 3. The van der Waals surface area contributed by atoms with E-state index in [-0.39, 0.29) is 11.8 Å². The summed E-state index contributed by atoms with van der Waals surface area (Å²) in [4.78, 5) is 2.43. The zero-order valence-electron chi connectivity index (χ0n) is 12.0. The van der Waals surface area contributed by atoms with Gasteiger partial charge in [-0.1, -0.05) is 31.2 Å². The predicted molar refractivity (Wildman–Crippen MR) is 80.1 cm³/mol. The van der Waals surface area contributed by atoms with E-state index in [2.05, 4.69) is 29.2 Å². The number of sulfonamides is 1. The van der Waals surface area contributed by atoms with Gasteiger partial charge in [0.2, 0.25) is 10.0 Å². The molecule has 2 aliphatic heterocycles. The maximum atomic E-state index is 12.3. The molecule has 0 bridgehead atoms. The maximum Gasteiger partial charge on any atom is 0.214 e. The van der Waals surface area contributed by atoms with E-state index in [4.69, 9.17) is 0 Å². The molecule has 20 heavy (non-hydrogen) atoms.